The Bertz CT molecular complexity index is 816. The summed E-state index contributed by atoms with van der Waals surface area (Å²) in [7, 11) is 5.29. The molecular weight excluding hydrogens is 328 g/mol. The van der Waals surface area contributed by atoms with E-state index in [0.717, 1.165) is 10.6 Å². The number of methoxy groups -OCH3 is 1. The summed E-state index contributed by atoms with van der Waals surface area (Å²) < 4.78 is 14.9. The molecule has 0 aliphatic heterocycles. The van der Waals surface area contributed by atoms with Gasteiger partial charge in [-0.15, -0.1) is 0 Å². The van der Waals surface area contributed by atoms with Crippen LogP contribution < -0.4 is 0 Å². The molecule has 1 aliphatic carbocycles. The number of ether oxygens (including phenoxy) is 1. The second kappa shape index (κ2) is 6.52. The van der Waals surface area contributed by atoms with Crippen molar-refractivity contribution in [1.82, 2.24) is 19.2 Å². The van der Waals surface area contributed by atoms with E-state index in [1.54, 1.807) is 13.0 Å². The van der Waals surface area contributed by atoms with Crippen molar-refractivity contribution in [1.29, 1.82) is 0 Å². The predicted octanol–water partition coefficient (Wildman–Crippen LogP) is 2.61. The lowest BCUT2D eigenvalue weighted by Crippen LogP contribution is -2.22. The first kappa shape index (κ1) is 16.9. The molecule has 2 aromatic rings. The fourth-order valence-electron chi connectivity index (χ4n) is 2.77. The molecule has 0 saturated heterocycles. The van der Waals surface area contributed by atoms with Gasteiger partial charge in [0.25, 0.3) is 0 Å². The van der Waals surface area contributed by atoms with E-state index in [1.807, 2.05) is 28.2 Å². The number of rotatable bonds is 6. The summed E-state index contributed by atoms with van der Waals surface area (Å²) in [5, 5.41) is 4.65. The Labute approximate surface area is 145 Å². The molecule has 1 fully saturated rings. The number of carbonyl (C=O) groups excluding carboxylic acids is 1. The van der Waals surface area contributed by atoms with Crippen molar-refractivity contribution in [3.8, 4) is 0 Å². The Kier molecular flexibility index (Phi) is 4.60. The zero-order valence-electron chi connectivity index (χ0n) is 14.4. The maximum atomic E-state index is 11.7. The van der Waals surface area contributed by atoms with Gasteiger partial charge in [-0.1, -0.05) is 0 Å². The molecule has 1 saturated carbocycles. The van der Waals surface area contributed by atoms with Gasteiger partial charge in [0, 0.05) is 13.0 Å². The average molecular weight is 350 g/mol. The van der Waals surface area contributed by atoms with Gasteiger partial charge in [-0.2, -0.15) is 5.10 Å². The number of furan rings is 1. The number of carbonyl (C=O) groups is 1. The molecule has 0 spiro atoms. The lowest BCUT2D eigenvalue weighted by Gasteiger charge is -2.14. The summed E-state index contributed by atoms with van der Waals surface area (Å²) in [6.07, 6.45) is 2.38. The van der Waals surface area contributed by atoms with Crippen LogP contribution in [0.15, 0.2) is 10.5 Å². The molecule has 0 amide bonds. The number of hydrogen-bond acceptors (Lipinski definition) is 6. The lowest BCUT2D eigenvalue weighted by atomic mass is 10.2. The molecule has 0 radical (unpaired) electrons. The third-order valence-corrected chi connectivity index (χ3v) is 4.68. The molecule has 0 atom stereocenters. The van der Waals surface area contributed by atoms with E-state index >= 15 is 0 Å². The topological polar surface area (TPSA) is 65.4 Å². The zero-order chi connectivity index (χ0) is 17.4. The SMILES string of the molecule is COC(=O)c1cc(CN(C)Cn2nc(C3CC3)n(C)c2=S)oc1C. The second-order valence-electron chi connectivity index (χ2n) is 6.30. The van der Waals surface area contributed by atoms with Crippen LogP contribution in [0.1, 0.15) is 46.5 Å². The van der Waals surface area contributed by atoms with Crippen LogP contribution in [-0.2, 0) is 25.0 Å². The highest BCUT2D eigenvalue weighted by Crippen LogP contribution is 2.38. The Hall–Kier alpha value is -1.93. The van der Waals surface area contributed by atoms with Crippen molar-refractivity contribution >= 4 is 18.2 Å². The number of esters is 1. The smallest absolute Gasteiger partial charge is 0.341 e. The molecule has 1 aliphatic rings. The summed E-state index contributed by atoms with van der Waals surface area (Å²) in [4.78, 5) is 13.7. The minimum atomic E-state index is -0.383. The van der Waals surface area contributed by atoms with Crippen molar-refractivity contribution in [3.63, 3.8) is 0 Å². The molecule has 0 bridgehead atoms. The van der Waals surface area contributed by atoms with E-state index in [4.69, 9.17) is 21.4 Å². The fraction of sp³-hybridized carbons (Fsp3) is 0.562. The molecule has 0 N–H and O–H groups in total. The van der Waals surface area contributed by atoms with E-state index in [0.29, 0.717) is 36.2 Å². The highest BCUT2D eigenvalue weighted by atomic mass is 32.1. The fourth-order valence-corrected chi connectivity index (χ4v) is 2.96. The third-order valence-electron chi connectivity index (χ3n) is 4.19. The van der Waals surface area contributed by atoms with Crippen LogP contribution in [0.4, 0.5) is 0 Å². The molecule has 7 nitrogen and oxygen atoms in total. The molecule has 0 unspecified atom stereocenters. The van der Waals surface area contributed by atoms with Gasteiger partial charge < -0.3 is 13.7 Å². The first-order valence-electron chi connectivity index (χ1n) is 7.90. The third kappa shape index (κ3) is 3.29. The van der Waals surface area contributed by atoms with E-state index < -0.39 is 0 Å². The lowest BCUT2D eigenvalue weighted by molar-refractivity contribution is 0.0599. The van der Waals surface area contributed by atoms with E-state index in [2.05, 4.69) is 5.10 Å². The molecule has 2 aromatic heterocycles. The quantitative estimate of drug-likeness (QED) is 0.589. The molecular formula is C16H22N4O3S. The first-order chi connectivity index (χ1) is 11.4. The molecule has 3 rings (SSSR count). The molecule has 130 valence electrons. The van der Waals surface area contributed by atoms with Gasteiger partial charge in [-0.25, -0.2) is 9.48 Å². The van der Waals surface area contributed by atoms with Crippen LogP contribution in [0.5, 0.6) is 0 Å². The zero-order valence-corrected chi connectivity index (χ0v) is 15.2. The van der Waals surface area contributed by atoms with Gasteiger partial charge in [0.05, 0.1) is 20.3 Å². The summed E-state index contributed by atoms with van der Waals surface area (Å²) in [6, 6.07) is 1.73. The highest BCUT2D eigenvalue weighted by Gasteiger charge is 2.29. The second-order valence-corrected chi connectivity index (χ2v) is 6.67. The average Bonchev–Trinajstić information content (AvgIpc) is 3.27. The summed E-state index contributed by atoms with van der Waals surface area (Å²) >= 11 is 5.47. The van der Waals surface area contributed by atoms with Gasteiger partial charge >= 0.3 is 5.97 Å². The molecule has 0 aromatic carbocycles. The van der Waals surface area contributed by atoms with E-state index in [9.17, 15) is 4.79 Å². The number of hydrogen-bond donors (Lipinski definition) is 0. The van der Waals surface area contributed by atoms with Crippen molar-refractivity contribution < 1.29 is 13.9 Å². The predicted molar refractivity (Wildman–Crippen MR) is 90.3 cm³/mol. The molecule has 2 heterocycles. The van der Waals surface area contributed by atoms with Crippen molar-refractivity contribution in [2.24, 2.45) is 7.05 Å². The minimum Gasteiger partial charge on any atom is -0.465 e. The Morgan fingerprint density at radius 2 is 2.25 bits per heavy atom. The summed E-state index contributed by atoms with van der Waals surface area (Å²) in [6.45, 7) is 2.87. The van der Waals surface area contributed by atoms with Gasteiger partial charge in [0.15, 0.2) is 4.77 Å². The van der Waals surface area contributed by atoms with Crippen molar-refractivity contribution in [2.75, 3.05) is 14.2 Å². The van der Waals surface area contributed by atoms with Crippen molar-refractivity contribution in [2.45, 2.75) is 38.9 Å². The number of nitrogens with zero attached hydrogens (tertiary/aromatic N) is 4. The van der Waals surface area contributed by atoms with Gasteiger partial charge in [0.2, 0.25) is 0 Å². The van der Waals surface area contributed by atoms with Crippen molar-refractivity contribution in [3.05, 3.63) is 33.7 Å². The van der Waals surface area contributed by atoms with Gasteiger partial charge in [-0.05, 0) is 45.1 Å². The van der Waals surface area contributed by atoms with E-state index in [1.165, 1.54) is 20.0 Å². The Morgan fingerprint density at radius 1 is 1.54 bits per heavy atom. The standard InChI is InChI=1S/C16H22N4O3S/c1-10-13(15(21)22-4)7-12(23-10)8-18(2)9-20-16(24)19(3)14(17-20)11-5-6-11/h7,11H,5-6,8-9H2,1-4H3. The Morgan fingerprint density at radius 3 is 2.88 bits per heavy atom. The van der Waals surface area contributed by atoms with Crippen LogP contribution in [0.2, 0.25) is 0 Å². The monoisotopic (exact) mass is 350 g/mol. The molecule has 8 heteroatoms. The van der Waals surface area contributed by atoms with Crippen LogP contribution in [-0.4, -0.2) is 39.4 Å². The van der Waals surface area contributed by atoms with Crippen LogP contribution in [0.3, 0.4) is 0 Å². The number of aryl methyl sites for hydroxylation is 1. The number of aromatic nitrogens is 3. The summed E-state index contributed by atoms with van der Waals surface area (Å²) in [5.41, 5.74) is 0.464. The van der Waals surface area contributed by atoms with Crippen LogP contribution in [0.25, 0.3) is 0 Å². The van der Waals surface area contributed by atoms with Gasteiger partial charge in [-0.3, -0.25) is 4.90 Å². The molecule has 24 heavy (non-hydrogen) atoms. The largest absolute Gasteiger partial charge is 0.465 e. The van der Waals surface area contributed by atoms with Gasteiger partial charge in [0.1, 0.15) is 22.9 Å². The van der Waals surface area contributed by atoms with Crippen LogP contribution in [0, 0.1) is 11.7 Å². The minimum absolute atomic E-state index is 0.383. The first-order valence-corrected chi connectivity index (χ1v) is 8.31. The van der Waals surface area contributed by atoms with E-state index in [-0.39, 0.29) is 5.97 Å². The maximum Gasteiger partial charge on any atom is 0.341 e. The maximum absolute atomic E-state index is 11.7. The Balaban J connectivity index is 1.70. The highest BCUT2D eigenvalue weighted by molar-refractivity contribution is 7.71. The van der Waals surface area contributed by atoms with Crippen LogP contribution >= 0.6 is 12.2 Å². The normalized spacial score (nSPS) is 14.4. The summed E-state index contributed by atoms with van der Waals surface area (Å²) in [5.74, 6) is 2.51.